The molecule has 2 aliphatic rings. The molecule has 252 valence electrons. The Morgan fingerprint density at radius 2 is 0.964 bits per heavy atom. The highest BCUT2D eigenvalue weighted by Gasteiger charge is 2.53. The highest BCUT2D eigenvalue weighted by molar-refractivity contribution is 6.29. The summed E-state index contributed by atoms with van der Waals surface area (Å²) in [6.45, 7) is 0. The van der Waals surface area contributed by atoms with Gasteiger partial charge in [0.05, 0.1) is 50.9 Å². The lowest BCUT2D eigenvalue weighted by molar-refractivity contribution is 0.794. The molecule has 0 saturated carbocycles. The number of anilines is 3. The molecule has 0 N–H and O–H groups in total. The van der Waals surface area contributed by atoms with Crippen molar-refractivity contribution in [3.63, 3.8) is 0 Å². The molecule has 2 aromatic heterocycles. The molecule has 0 bridgehead atoms. The smallest absolute Gasteiger partial charge is 0.0991 e. The average molecular weight is 697 g/mol. The molecule has 0 amide bonds. The number of rotatable bonds is 3. The zero-order chi connectivity index (χ0) is 36.4. The maximum absolute atomic E-state index is 9.81. The summed E-state index contributed by atoms with van der Waals surface area (Å²) in [5.74, 6) is 0. The van der Waals surface area contributed by atoms with Crippen LogP contribution in [0.25, 0.3) is 60.3 Å². The van der Waals surface area contributed by atoms with Gasteiger partial charge in [-0.2, -0.15) is 10.5 Å². The standard InChI is InChI=1S/C51H28N4/c52-29-31-20-24-33(25-21-31)54(34-26-22-32(30-53)23-27-34)46-28-44-47(50-48(46)40-15-9-14-38-37-12-4-8-19-45(37)55(50)49(38)40)39-13-3-7-18-43(39)51(44)41-16-5-1-10-35(41)36-11-2-6-17-42(36)51/h1-28H. The van der Waals surface area contributed by atoms with Crippen LogP contribution in [0.4, 0.5) is 17.1 Å². The lowest BCUT2D eigenvalue weighted by atomic mass is 9.70. The van der Waals surface area contributed by atoms with E-state index in [4.69, 9.17) is 0 Å². The molecule has 2 aliphatic carbocycles. The van der Waals surface area contributed by atoms with Crippen molar-refractivity contribution in [2.24, 2.45) is 0 Å². The van der Waals surface area contributed by atoms with E-state index in [1.807, 2.05) is 48.5 Å². The number of aromatic nitrogens is 1. The second-order valence-corrected chi connectivity index (χ2v) is 14.6. The zero-order valence-corrected chi connectivity index (χ0v) is 29.5. The van der Waals surface area contributed by atoms with Gasteiger partial charge < -0.3 is 9.30 Å². The fourth-order valence-electron chi connectivity index (χ4n) is 10.1. The Morgan fingerprint density at radius 3 is 1.58 bits per heavy atom. The maximum Gasteiger partial charge on any atom is 0.0991 e. The number of hydrogen-bond donors (Lipinski definition) is 0. The maximum atomic E-state index is 9.81. The molecule has 0 fully saturated rings. The van der Waals surface area contributed by atoms with Crippen LogP contribution in [0, 0.1) is 22.7 Å². The van der Waals surface area contributed by atoms with E-state index >= 15 is 0 Å². The van der Waals surface area contributed by atoms with Gasteiger partial charge in [-0.05, 0) is 99.6 Å². The van der Waals surface area contributed by atoms with Gasteiger partial charge in [-0.25, -0.2) is 0 Å². The Hall–Kier alpha value is -7.66. The molecule has 0 aliphatic heterocycles. The van der Waals surface area contributed by atoms with Crippen molar-refractivity contribution in [2.45, 2.75) is 5.41 Å². The van der Waals surface area contributed by atoms with Crippen LogP contribution in [0.1, 0.15) is 33.4 Å². The lowest BCUT2D eigenvalue weighted by Gasteiger charge is -2.32. The molecule has 0 saturated heterocycles. The third-order valence-electron chi connectivity index (χ3n) is 12.2. The van der Waals surface area contributed by atoms with Crippen LogP contribution >= 0.6 is 0 Å². The molecular weight excluding hydrogens is 669 g/mol. The van der Waals surface area contributed by atoms with Gasteiger partial charge in [-0.3, -0.25) is 0 Å². The van der Waals surface area contributed by atoms with Crippen molar-refractivity contribution in [1.82, 2.24) is 4.40 Å². The van der Waals surface area contributed by atoms with Crippen LogP contribution in [0.15, 0.2) is 170 Å². The summed E-state index contributed by atoms with van der Waals surface area (Å²) in [6, 6.07) is 65.1. The summed E-state index contributed by atoms with van der Waals surface area (Å²) in [4.78, 5) is 2.32. The Bertz CT molecular complexity index is 3230. The van der Waals surface area contributed by atoms with Crippen LogP contribution < -0.4 is 4.90 Å². The van der Waals surface area contributed by atoms with Crippen molar-refractivity contribution in [2.75, 3.05) is 4.90 Å². The Balaban J connectivity index is 1.34. The molecule has 1 spiro atoms. The molecule has 0 unspecified atom stereocenters. The number of fused-ring (bicyclic) bond motifs is 17. The van der Waals surface area contributed by atoms with E-state index in [0.29, 0.717) is 11.1 Å². The van der Waals surface area contributed by atoms with E-state index < -0.39 is 5.41 Å². The first-order valence-corrected chi connectivity index (χ1v) is 18.6. The molecule has 0 radical (unpaired) electrons. The Labute approximate surface area is 316 Å². The molecule has 4 heteroatoms. The Morgan fingerprint density at radius 1 is 0.455 bits per heavy atom. The highest BCUT2D eigenvalue weighted by Crippen LogP contribution is 2.65. The highest BCUT2D eigenvalue weighted by atomic mass is 15.1. The van der Waals surface area contributed by atoms with E-state index in [1.54, 1.807) is 0 Å². The third kappa shape index (κ3) is 3.63. The number of benzene rings is 8. The second-order valence-electron chi connectivity index (χ2n) is 14.6. The van der Waals surface area contributed by atoms with E-state index in [0.717, 1.165) is 22.4 Å². The van der Waals surface area contributed by atoms with E-state index in [-0.39, 0.29) is 0 Å². The predicted molar refractivity (Wildman–Crippen MR) is 222 cm³/mol. The summed E-state index contributed by atoms with van der Waals surface area (Å²) < 4.78 is 2.52. The van der Waals surface area contributed by atoms with Crippen LogP contribution in [0.5, 0.6) is 0 Å². The van der Waals surface area contributed by atoms with Crippen molar-refractivity contribution in [3.05, 3.63) is 203 Å². The van der Waals surface area contributed by atoms with Crippen molar-refractivity contribution < 1.29 is 0 Å². The number of nitriles is 2. The van der Waals surface area contributed by atoms with Gasteiger partial charge in [0.2, 0.25) is 0 Å². The molecule has 12 rings (SSSR count). The monoisotopic (exact) mass is 696 g/mol. The van der Waals surface area contributed by atoms with Crippen LogP contribution in [0.3, 0.4) is 0 Å². The van der Waals surface area contributed by atoms with E-state index in [9.17, 15) is 10.5 Å². The fourth-order valence-corrected chi connectivity index (χ4v) is 10.1. The van der Waals surface area contributed by atoms with Crippen molar-refractivity contribution >= 4 is 55.2 Å². The number of hydrogen-bond acceptors (Lipinski definition) is 3. The first kappa shape index (κ1) is 29.9. The number of nitrogens with zero attached hydrogens (tertiary/aromatic N) is 4. The first-order valence-electron chi connectivity index (χ1n) is 18.6. The van der Waals surface area contributed by atoms with Crippen molar-refractivity contribution in [1.29, 1.82) is 10.5 Å². The van der Waals surface area contributed by atoms with Gasteiger partial charge in [0.1, 0.15) is 0 Å². The quantitative estimate of drug-likeness (QED) is 0.185. The summed E-state index contributed by atoms with van der Waals surface area (Å²) in [7, 11) is 0. The zero-order valence-electron chi connectivity index (χ0n) is 29.5. The van der Waals surface area contributed by atoms with Gasteiger partial charge >= 0.3 is 0 Å². The minimum absolute atomic E-state index is 0.569. The van der Waals surface area contributed by atoms with Gasteiger partial charge in [0, 0.05) is 38.5 Å². The molecule has 4 nitrogen and oxygen atoms in total. The molecule has 10 aromatic rings. The summed E-state index contributed by atoms with van der Waals surface area (Å²) in [5, 5.41) is 24.4. The summed E-state index contributed by atoms with van der Waals surface area (Å²) >= 11 is 0. The van der Waals surface area contributed by atoms with Crippen molar-refractivity contribution in [3.8, 4) is 34.4 Å². The second kappa shape index (κ2) is 10.7. The fraction of sp³-hybridized carbons (Fsp3) is 0.0196. The van der Waals surface area contributed by atoms with Crippen LogP contribution in [-0.4, -0.2) is 4.40 Å². The summed E-state index contributed by atoms with van der Waals surface area (Å²) in [6.07, 6.45) is 0. The number of para-hydroxylation sites is 2. The van der Waals surface area contributed by atoms with E-state index in [2.05, 4.69) is 143 Å². The predicted octanol–water partition coefficient (Wildman–Crippen LogP) is 12.4. The molecule has 0 atom stereocenters. The minimum Gasteiger partial charge on any atom is -0.310 e. The Kier molecular flexibility index (Phi) is 5.81. The summed E-state index contributed by atoms with van der Waals surface area (Å²) in [5.41, 5.74) is 17.2. The van der Waals surface area contributed by atoms with Gasteiger partial charge in [-0.1, -0.05) is 109 Å². The lowest BCUT2D eigenvalue weighted by Crippen LogP contribution is -2.26. The van der Waals surface area contributed by atoms with Gasteiger partial charge in [0.25, 0.3) is 0 Å². The largest absolute Gasteiger partial charge is 0.310 e. The van der Waals surface area contributed by atoms with Crippen LogP contribution in [-0.2, 0) is 5.41 Å². The average Bonchev–Trinajstić information content (AvgIpc) is 3.96. The molecular formula is C51H28N4. The molecule has 55 heavy (non-hydrogen) atoms. The molecule has 2 heterocycles. The first-order chi connectivity index (χ1) is 27.2. The van der Waals surface area contributed by atoms with Gasteiger partial charge in [0.15, 0.2) is 0 Å². The molecule has 8 aromatic carbocycles. The topological polar surface area (TPSA) is 55.2 Å². The minimum atomic E-state index is -0.569. The third-order valence-corrected chi connectivity index (χ3v) is 12.2. The van der Waals surface area contributed by atoms with E-state index in [1.165, 1.54) is 77.2 Å². The normalized spacial score (nSPS) is 13.2. The van der Waals surface area contributed by atoms with Crippen LogP contribution in [0.2, 0.25) is 0 Å². The van der Waals surface area contributed by atoms with Gasteiger partial charge in [-0.15, -0.1) is 0 Å². The SMILES string of the molecule is N#Cc1ccc(N(c2ccc(C#N)cc2)c2cc3c(c4c2c2cccc5c6ccccc6n4c52)-c2ccccc2C32c3ccccc3-c3ccccc32)cc1.